The first-order valence-corrected chi connectivity index (χ1v) is 11.7. The predicted molar refractivity (Wildman–Crippen MR) is 111 cm³/mol. The van der Waals surface area contributed by atoms with Gasteiger partial charge in [0.1, 0.15) is 27.2 Å². The molecule has 1 aliphatic heterocycles. The largest absolute Gasteiger partial charge is 0.368 e. The minimum Gasteiger partial charge on any atom is -0.368 e. The Morgan fingerprint density at radius 1 is 1.30 bits per heavy atom. The van der Waals surface area contributed by atoms with E-state index in [4.69, 9.17) is 5.73 Å². The Morgan fingerprint density at radius 2 is 1.93 bits per heavy atom. The molecule has 30 heavy (non-hydrogen) atoms. The van der Waals surface area contributed by atoms with Crippen LogP contribution in [0.3, 0.4) is 0 Å². The van der Waals surface area contributed by atoms with E-state index < -0.39 is 38.9 Å². The molecular formula is C20H27FN4O4S. The van der Waals surface area contributed by atoms with Crippen LogP contribution in [0.1, 0.15) is 44.1 Å². The number of hydrogen-bond acceptors (Lipinski definition) is 5. The van der Waals surface area contributed by atoms with E-state index in [1.54, 1.807) is 26.8 Å². The van der Waals surface area contributed by atoms with Gasteiger partial charge in [-0.1, -0.05) is 32.9 Å². The molecule has 2 heterocycles. The average Bonchev–Trinajstić information content (AvgIpc) is 3.00. The maximum Gasteiger partial charge on any atom is 0.273 e. The van der Waals surface area contributed by atoms with Crippen LogP contribution in [-0.2, 0) is 21.2 Å². The molecule has 1 saturated heterocycles. The third kappa shape index (κ3) is 4.63. The lowest BCUT2D eigenvalue weighted by atomic mass is 9.86. The molecule has 1 aromatic heterocycles. The Bertz CT molecular complexity index is 1070. The van der Waals surface area contributed by atoms with Gasteiger partial charge in [-0.15, -0.1) is 0 Å². The number of fused-ring (bicyclic) bond motifs is 1. The summed E-state index contributed by atoms with van der Waals surface area (Å²) in [7, 11) is -3.01. The second-order valence-electron chi connectivity index (χ2n) is 8.94. The summed E-state index contributed by atoms with van der Waals surface area (Å²) in [5.74, 6) is -1.61. The van der Waals surface area contributed by atoms with Crippen LogP contribution in [-0.4, -0.2) is 47.6 Å². The van der Waals surface area contributed by atoms with E-state index >= 15 is 0 Å². The van der Waals surface area contributed by atoms with E-state index in [1.807, 2.05) is 0 Å². The van der Waals surface area contributed by atoms with Crippen LogP contribution in [0, 0.1) is 17.2 Å². The van der Waals surface area contributed by atoms with E-state index in [2.05, 4.69) is 10.4 Å². The van der Waals surface area contributed by atoms with Crippen LogP contribution in [0.4, 0.5) is 4.39 Å². The van der Waals surface area contributed by atoms with Crippen LogP contribution in [0.25, 0.3) is 10.9 Å². The number of aromatic nitrogens is 2. The highest BCUT2D eigenvalue weighted by Crippen LogP contribution is 2.27. The maximum absolute atomic E-state index is 14.6. The molecule has 1 aromatic carbocycles. The fourth-order valence-corrected chi connectivity index (χ4v) is 5.36. The van der Waals surface area contributed by atoms with Gasteiger partial charge in [-0.05, 0) is 30.2 Å². The fraction of sp³-hybridized carbons (Fsp3) is 0.550. The third-order valence-corrected chi connectivity index (χ3v) is 7.18. The van der Waals surface area contributed by atoms with E-state index in [-0.39, 0.29) is 28.6 Å². The van der Waals surface area contributed by atoms with Crippen LogP contribution in [0.5, 0.6) is 0 Å². The Labute approximate surface area is 174 Å². The lowest BCUT2D eigenvalue weighted by molar-refractivity contribution is -0.122. The lowest BCUT2D eigenvalue weighted by Crippen LogP contribution is -2.52. The van der Waals surface area contributed by atoms with Crippen molar-refractivity contribution in [3.63, 3.8) is 0 Å². The fourth-order valence-electron chi connectivity index (χ4n) is 3.77. The Kier molecular flexibility index (Phi) is 5.90. The van der Waals surface area contributed by atoms with Crippen molar-refractivity contribution in [3.05, 3.63) is 29.7 Å². The number of nitrogens with zero attached hydrogens (tertiary/aromatic N) is 2. The minimum absolute atomic E-state index is 0.00318. The molecule has 1 atom stereocenters. The Morgan fingerprint density at radius 3 is 2.50 bits per heavy atom. The number of sulfone groups is 1. The van der Waals surface area contributed by atoms with Crippen molar-refractivity contribution in [2.45, 2.75) is 46.2 Å². The van der Waals surface area contributed by atoms with Crippen molar-refractivity contribution in [1.82, 2.24) is 15.1 Å². The Hall–Kier alpha value is -2.49. The standard InChI is InChI=1S/C20H27FN4O4S/c1-20(2,3)17(18(22)26)23-19(27)15-13-5-4-6-14(21)16(13)25(24-15)11-12-7-9-30(28,29)10-8-12/h4-6,12,17H,7-11H2,1-3H3,(H2,22,26)(H,23,27). The molecule has 3 N–H and O–H groups in total. The molecule has 8 nitrogen and oxygen atoms in total. The number of carbonyl (C=O) groups excluding carboxylic acids is 2. The number of benzene rings is 1. The molecule has 2 aromatic rings. The quantitative estimate of drug-likeness (QED) is 0.734. The van der Waals surface area contributed by atoms with Gasteiger partial charge in [-0.25, -0.2) is 12.8 Å². The minimum atomic E-state index is -3.01. The monoisotopic (exact) mass is 438 g/mol. The summed E-state index contributed by atoms with van der Waals surface area (Å²) in [5.41, 5.74) is 5.02. The number of rotatable bonds is 5. The average molecular weight is 439 g/mol. The van der Waals surface area contributed by atoms with Crippen LogP contribution >= 0.6 is 0 Å². The van der Waals surface area contributed by atoms with Crippen molar-refractivity contribution < 1.29 is 22.4 Å². The van der Waals surface area contributed by atoms with Crippen molar-refractivity contribution in [3.8, 4) is 0 Å². The zero-order valence-electron chi connectivity index (χ0n) is 17.3. The van der Waals surface area contributed by atoms with Gasteiger partial charge >= 0.3 is 0 Å². The third-order valence-electron chi connectivity index (χ3n) is 5.47. The molecule has 0 aliphatic carbocycles. The molecule has 0 radical (unpaired) electrons. The zero-order valence-corrected chi connectivity index (χ0v) is 18.1. The molecule has 1 fully saturated rings. The second kappa shape index (κ2) is 7.98. The summed E-state index contributed by atoms with van der Waals surface area (Å²) < 4.78 is 39.4. The van der Waals surface area contributed by atoms with E-state index in [9.17, 15) is 22.4 Å². The second-order valence-corrected chi connectivity index (χ2v) is 11.2. The van der Waals surface area contributed by atoms with Gasteiger partial charge < -0.3 is 11.1 Å². The summed E-state index contributed by atoms with van der Waals surface area (Å²) in [6, 6.07) is 3.44. The smallest absolute Gasteiger partial charge is 0.273 e. The zero-order chi connectivity index (χ0) is 22.3. The van der Waals surface area contributed by atoms with Crippen LogP contribution in [0.2, 0.25) is 0 Å². The highest BCUT2D eigenvalue weighted by Gasteiger charge is 2.33. The van der Waals surface area contributed by atoms with Gasteiger partial charge in [0.05, 0.1) is 11.5 Å². The first-order valence-electron chi connectivity index (χ1n) is 9.84. The van der Waals surface area contributed by atoms with Gasteiger partial charge in [-0.3, -0.25) is 14.3 Å². The molecule has 10 heteroatoms. The van der Waals surface area contributed by atoms with Gasteiger partial charge in [0.25, 0.3) is 5.91 Å². The van der Waals surface area contributed by atoms with E-state index in [0.29, 0.717) is 24.8 Å². The predicted octanol–water partition coefficient (Wildman–Crippen LogP) is 1.63. The highest BCUT2D eigenvalue weighted by atomic mass is 32.2. The molecule has 164 valence electrons. The number of primary amides is 1. The Balaban J connectivity index is 1.94. The number of amides is 2. The van der Waals surface area contributed by atoms with Crippen molar-refractivity contribution in [2.24, 2.45) is 17.1 Å². The summed E-state index contributed by atoms with van der Waals surface area (Å²) in [6.45, 7) is 5.63. The van der Waals surface area contributed by atoms with Gasteiger partial charge in [-0.2, -0.15) is 5.10 Å². The summed E-state index contributed by atoms with van der Waals surface area (Å²) in [5, 5.41) is 7.29. The van der Waals surface area contributed by atoms with Crippen molar-refractivity contribution in [1.29, 1.82) is 0 Å². The lowest BCUT2D eigenvalue weighted by Gasteiger charge is -2.28. The molecule has 0 saturated carbocycles. The maximum atomic E-state index is 14.6. The van der Waals surface area contributed by atoms with Crippen molar-refractivity contribution in [2.75, 3.05) is 11.5 Å². The van der Waals surface area contributed by atoms with Crippen LogP contribution in [0.15, 0.2) is 18.2 Å². The molecule has 2 amide bonds. The molecule has 0 spiro atoms. The summed E-state index contributed by atoms with van der Waals surface area (Å²) in [4.78, 5) is 24.7. The topological polar surface area (TPSA) is 124 Å². The number of nitrogens with two attached hydrogens (primary N) is 1. The van der Waals surface area contributed by atoms with Crippen LogP contribution < -0.4 is 11.1 Å². The first-order chi connectivity index (χ1) is 13.9. The summed E-state index contributed by atoms with van der Waals surface area (Å²) in [6.07, 6.45) is 0.931. The molecule has 0 bridgehead atoms. The highest BCUT2D eigenvalue weighted by molar-refractivity contribution is 7.91. The SMILES string of the molecule is CC(C)(C)C(NC(=O)c1nn(CC2CCS(=O)(=O)CC2)c2c(F)cccc12)C(N)=O. The number of carbonyl (C=O) groups is 2. The molecule has 1 aliphatic rings. The van der Waals surface area contributed by atoms with Gasteiger partial charge in [0, 0.05) is 11.9 Å². The van der Waals surface area contributed by atoms with Gasteiger partial charge in [0.2, 0.25) is 5.91 Å². The normalized spacial score (nSPS) is 18.3. The molecule has 3 rings (SSSR count). The van der Waals surface area contributed by atoms with E-state index in [1.165, 1.54) is 16.8 Å². The summed E-state index contributed by atoms with van der Waals surface area (Å²) >= 11 is 0. The number of halogens is 1. The number of nitrogens with one attached hydrogen (secondary N) is 1. The number of hydrogen-bond donors (Lipinski definition) is 2. The van der Waals surface area contributed by atoms with Gasteiger partial charge in [0.15, 0.2) is 5.69 Å². The molecular weight excluding hydrogens is 411 g/mol. The first kappa shape index (κ1) is 22.2. The molecule has 1 unspecified atom stereocenters. The van der Waals surface area contributed by atoms with E-state index in [0.717, 1.165) is 0 Å². The number of para-hydroxylation sites is 1. The van der Waals surface area contributed by atoms with Crippen molar-refractivity contribution >= 4 is 32.6 Å².